The molecule has 0 fully saturated rings. The van der Waals surface area contributed by atoms with Crippen LogP contribution in [0.2, 0.25) is 0 Å². The van der Waals surface area contributed by atoms with Gasteiger partial charge in [-0.1, -0.05) is 18.2 Å². The lowest BCUT2D eigenvalue weighted by Crippen LogP contribution is -2.08. The topological polar surface area (TPSA) is 95.2 Å². The smallest absolute Gasteiger partial charge is 0.282 e. The highest BCUT2D eigenvalue weighted by Crippen LogP contribution is 2.15. The molecular weight excluding hydrogens is 206 g/mol. The van der Waals surface area contributed by atoms with Gasteiger partial charge in [0.15, 0.2) is 0 Å². The number of hydrogen-bond donors (Lipinski definition) is 1. The molecule has 0 unspecified atom stereocenters. The highest BCUT2D eigenvalue weighted by atomic mass is 32.2. The Morgan fingerprint density at radius 1 is 1.36 bits per heavy atom. The minimum absolute atomic E-state index is 0.134. The molecule has 0 bridgehead atoms. The maximum atomic E-state index is 10.8. The summed E-state index contributed by atoms with van der Waals surface area (Å²) in [4.78, 5) is 10.2. The zero-order chi connectivity index (χ0) is 10.8. The average molecular weight is 214 g/mol. The molecule has 1 radical (unpaired) electrons. The van der Waals surface area contributed by atoms with Crippen molar-refractivity contribution in [3.63, 3.8) is 0 Å². The Kier molecular flexibility index (Phi) is 2.87. The number of hydrogen-bond acceptors (Lipinski definition) is 3. The molecule has 1 aromatic carbocycles. The highest BCUT2D eigenvalue weighted by Gasteiger charge is 2.15. The van der Waals surface area contributed by atoms with Crippen LogP contribution in [0.25, 0.3) is 0 Å². The summed E-state index contributed by atoms with van der Waals surface area (Å²) in [6, 6.07) is 5.54. The van der Waals surface area contributed by atoms with Crippen LogP contribution in [-0.2, 0) is 21.3 Å². The Hall–Kier alpha value is -1.40. The van der Waals surface area contributed by atoms with E-state index in [9.17, 15) is 13.2 Å². The van der Waals surface area contributed by atoms with Crippen molar-refractivity contribution in [2.75, 3.05) is 0 Å². The summed E-state index contributed by atoms with van der Waals surface area (Å²) in [6.45, 7) is 0. The quantitative estimate of drug-likeness (QED) is 0.731. The molecule has 0 aliphatic rings. The maximum Gasteiger partial charge on any atom is 0.294 e. The van der Waals surface area contributed by atoms with Crippen molar-refractivity contribution in [3.8, 4) is 0 Å². The van der Waals surface area contributed by atoms with E-state index in [1.54, 1.807) is 0 Å². The average Bonchev–Trinajstić information content (AvgIpc) is 2.01. The number of rotatable bonds is 3. The second-order valence-corrected chi connectivity index (χ2v) is 4.07. The molecule has 0 saturated carbocycles. The summed E-state index contributed by atoms with van der Waals surface area (Å²) in [5, 5.41) is 0. The number of amides is 1. The summed E-state index contributed by atoms with van der Waals surface area (Å²) >= 11 is 0. The molecule has 0 aliphatic carbocycles. The predicted molar refractivity (Wildman–Crippen MR) is 48.1 cm³/mol. The third-order valence-corrected chi connectivity index (χ3v) is 2.56. The number of carbonyl (C=O) groups is 1. The fourth-order valence-electron chi connectivity index (χ4n) is 1.07. The molecule has 1 aromatic rings. The van der Waals surface area contributed by atoms with Crippen LogP contribution in [0.4, 0.5) is 0 Å². The lowest BCUT2D eigenvalue weighted by atomic mass is 10.1. The SMILES string of the molecule is [NH]C(=O)Cc1ccccc1S(=O)(=O)O. The van der Waals surface area contributed by atoms with Crippen LogP contribution >= 0.6 is 0 Å². The largest absolute Gasteiger partial charge is 0.294 e. The monoisotopic (exact) mass is 214 g/mol. The van der Waals surface area contributed by atoms with Crippen LogP contribution in [0.5, 0.6) is 0 Å². The third kappa shape index (κ3) is 2.54. The minimum Gasteiger partial charge on any atom is -0.282 e. The van der Waals surface area contributed by atoms with E-state index in [2.05, 4.69) is 0 Å². The first-order chi connectivity index (χ1) is 6.41. The van der Waals surface area contributed by atoms with Gasteiger partial charge in [-0.05, 0) is 11.6 Å². The van der Waals surface area contributed by atoms with Crippen LogP contribution in [-0.4, -0.2) is 18.9 Å². The normalized spacial score (nSPS) is 11.2. The first-order valence-electron chi connectivity index (χ1n) is 3.71. The van der Waals surface area contributed by atoms with Gasteiger partial charge in [-0.3, -0.25) is 15.1 Å². The van der Waals surface area contributed by atoms with Gasteiger partial charge < -0.3 is 0 Å². The molecule has 0 atom stereocenters. The second-order valence-electron chi connectivity index (χ2n) is 2.68. The van der Waals surface area contributed by atoms with Gasteiger partial charge >= 0.3 is 0 Å². The van der Waals surface area contributed by atoms with Crippen LogP contribution in [0, 0.1) is 0 Å². The fraction of sp³-hybridized carbons (Fsp3) is 0.125. The van der Waals surface area contributed by atoms with Gasteiger partial charge in [-0.15, -0.1) is 0 Å². The van der Waals surface area contributed by atoms with Gasteiger partial charge in [-0.25, -0.2) is 0 Å². The first-order valence-corrected chi connectivity index (χ1v) is 5.15. The van der Waals surface area contributed by atoms with Crippen molar-refractivity contribution in [3.05, 3.63) is 29.8 Å². The van der Waals surface area contributed by atoms with Crippen LogP contribution in [0.1, 0.15) is 5.56 Å². The van der Waals surface area contributed by atoms with Crippen molar-refractivity contribution in [1.29, 1.82) is 0 Å². The van der Waals surface area contributed by atoms with E-state index in [0.717, 1.165) is 0 Å². The van der Waals surface area contributed by atoms with Gasteiger partial charge in [0.1, 0.15) is 0 Å². The Morgan fingerprint density at radius 2 is 1.93 bits per heavy atom. The summed E-state index contributed by atoms with van der Waals surface area (Å²) < 4.78 is 30.4. The molecule has 2 N–H and O–H groups in total. The minimum atomic E-state index is -4.31. The molecule has 1 rings (SSSR count). The Morgan fingerprint density at radius 3 is 2.43 bits per heavy atom. The number of nitrogens with one attached hydrogen (secondary N) is 1. The molecule has 1 amide bonds. The molecule has 5 nitrogen and oxygen atoms in total. The lowest BCUT2D eigenvalue weighted by Gasteiger charge is -2.03. The maximum absolute atomic E-state index is 10.8. The molecular formula is C8H8NO4S. The van der Waals surface area contributed by atoms with E-state index in [1.807, 2.05) is 0 Å². The van der Waals surface area contributed by atoms with Gasteiger partial charge in [0.05, 0.1) is 11.3 Å². The van der Waals surface area contributed by atoms with Crippen molar-refractivity contribution >= 4 is 16.0 Å². The molecule has 0 heterocycles. The van der Waals surface area contributed by atoms with E-state index >= 15 is 0 Å². The van der Waals surface area contributed by atoms with Crippen molar-refractivity contribution in [2.45, 2.75) is 11.3 Å². The second kappa shape index (κ2) is 3.77. The number of carbonyl (C=O) groups excluding carboxylic acids is 1. The molecule has 0 aliphatic heterocycles. The standard InChI is InChI=1S/C8H8NO4S/c9-8(10)5-6-3-1-2-4-7(6)14(11,12)13/h1-4,9H,5H2,(H,11,12,13). The molecule has 0 spiro atoms. The zero-order valence-electron chi connectivity index (χ0n) is 7.10. The van der Waals surface area contributed by atoms with Gasteiger partial charge in [0.2, 0.25) is 5.91 Å². The lowest BCUT2D eigenvalue weighted by molar-refractivity contribution is -0.118. The zero-order valence-corrected chi connectivity index (χ0v) is 7.91. The van der Waals surface area contributed by atoms with Gasteiger partial charge in [0.25, 0.3) is 10.1 Å². The Balaban J connectivity index is 3.23. The summed E-state index contributed by atoms with van der Waals surface area (Å²) in [5.41, 5.74) is 6.84. The summed E-state index contributed by atoms with van der Waals surface area (Å²) in [7, 11) is -4.31. The molecule has 14 heavy (non-hydrogen) atoms. The predicted octanol–water partition coefficient (Wildman–Crippen LogP) is 0.285. The Bertz CT molecular complexity index is 452. The molecule has 75 valence electrons. The van der Waals surface area contributed by atoms with E-state index in [0.29, 0.717) is 0 Å². The van der Waals surface area contributed by atoms with E-state index in [4.69, 9.17) is 10.3 Å². The van der Waals surface area contributed by atoms with Crippen molar-refractivity contribution in [1.82, 2.24) is 5.73 Å². The van der Waals surface area contributed by atoms with Crippen LogP contribution in [0.3, 0.4) is 0 Å². The van der Waals surface area contributed by atoms with Crippen molar-refractivity contribution in [2.24, 2.45) is 0 Å². The van der Waals surface area contributed by atoms with Gasteiger partial charge in [-0.2, -0.15) is 8.42 Å². The molecule has 0 saturated heterocycles. The van der Waals surface area contributed by atoms with Crippen LogP contribution < -0.4 is 5.73 Å². The van der Waals surface area contributed by atoms with Crippen molar-refractivity contribution < 1.29 is 17.8 Å². The van der Waals surface area contributed by atoms with Crippen LogP contribution in [0.15, 0.2) is 29.2 Å². The fourth-order valence-corrected chi connectivity index (χ4v) is 1.80. The number of benzene rings is 1. The van der Waals surface area contributed by atoms with Gasteiger partial charge in [0, 0.05) is 0 Å². The Labute approximate surface area is 81.3 Å². The molecule has 0 aromatic heterocycles. The highest BCUT2D eigenvalue weighted by molar-refractivity contribution is 7.85. The van der Waals surface area contributed by atoms with E-state index in [1.165, 1.54) is 24.3 Å². The van der Waals surface area contributed by atoms with E-state index < -0.39 is 16.0 Å². The van der Waals surface area contributed by atoms with E-state index in [-0.39, 0.29) is 16.9 Å². The summed E-state index contributed by atoms with van der Waals surface area (Å²) in [5.74, 6) is -0.902. The summed E-state index contributed by atoms with van der Waals surface area (Å²) in [6.07, 6.45) is -0.323. The first kappa shape index (κ1) is 10.7. The third-order valence-electron chi connectivity index (χ3n) is 1.60. The molecule has 6 heteroatoms.